The minimum Gasteiger partial charge on any atom is -0.326 e. The third-order valence-corrected chi connectivity index (χ3v) is 5.50. The van der Waals surface area contributed by atoms with Crippen LogP contribution in [0.3, 0.4) is 0 Å². The molecule has 1 aromatic carbocycles. The number of benzene rings is 1. The predicted molar refractivity (Wildman–Crippen MR) is 80.2 cm³/mol. The maximum Gasteiger partial charge on any atom is 0.245 e. The molecule has 0 atom stereocenters. The van der Waals surface area contributed by atoms with E-state index in [2.05, 4.69) is 15.9 Å². The van der Waals surface area contributed by atoms with Crippen molar-refractivity contribution in [1.29, 1.82) is 0 Å². The molecule has 0 aliphatic rings. The number of sulfonamides is 1. The molecule has 0 saturated heterocycles. The van der Waals surface area contributed by atoms with Crippen molar-refractivity contribution in [2.24, 2.45) is 5.73 Å². The molecule has 0 saturated carbocycles. The van der Waals surface area contributed by atoms with E-state index >= 15 is 0 Å². The fourth-order valence-electron chi connectivity index (χ4n) is 1.46. The highest BCUT2D eigenvalue weighted by Crippen LogP contribution is 2.26. The Bertz CT molecular complexity index is 552. The molecular formula is C11H16BrFN2O2S2. The number of halogens is 2. The van der Waals surface area contributed by atoms with Crippen molar-refractivity contribution in [1.82, 2.24) is 4.31 Å². The number of hydrogen-bond donors (Lipinski definition) is 1. The summed E-state index contributed by atoms with van der Waals surface area (Å²) in [4.78, 5) is -0.342. The maximum atomic E-state index is 14.1. The van der Waals surface area contributed by atoms with Gasteiger partial charge in [-0.1, -0.05) is 15.9 Å². The first-order chi connectivity index (χ1) is 8.84. The molecule has 0 aromatic heterocycles. The first kappa shape index (κ1) is 16.9. The molecule has 1 aromatic rings. The Labute approximate surface area is 125 Å². The van der Waals surface area contributed by atoms with E-state index in [0.717, 1.165) is 4.31 Å². The van der Waals surface area contributed by atoms with Gasteiger partial charge in [0.1, 0.15) is 10.7 Å². The molecule has 0 bridgehead atoms. The third-order valence-electron chi connectivity index (χ3n) is 2.60. The second-order valence-electron chi connectivity index (χ2n) is 3.90. The van der Waals surface area contributed by atoms with E-state index in [-0.39, 0.29) is 17.0 Å². The average Bonchev–Trinajstić information content (AvgIpc) is 2.37. The smallest absolute Gasteiger partial charge is 0.245 e. The Morgan fingerprint density at radius 1 is 1.47 bits per heavy atom. The second-order valence-corrected chi connectivity index (χ2v) is 7.82. The lowest BCUT2D eigenvalue weighted by Crippen LogP contribution is -2.30. The van der Waals surface area contributed by atoms with Crippen LogP contribution in [0.1, 0.15) is 5.56 Å². The summed E-state index contributed by atoms with van der Waals surface area (Å²) in [5.74, 6) is -0.128. The van der Waals surface area contributed by atoms with Crippen molar-refractivity contribution in [3.63, 3.8) is 0 Å². The van der Waals surface area contributed by atoms with Crippen LogP contribution >= 0.6 is 27.7 Å². The van der Waals surface area contributed by atoms with E-state index in [1.54, 1.807) is 0 Å². The fourth-order valence-corrected chi connectivity index (χ4v) is 3.99. The molecule has 4 nitrogen and oxygen atoms in total. The maximum absolute atomic E-state index is 14.1. The zero-order chi connectivity index (χ0) is 14.6. The molecule has 0 aliphatic carbocycles. The van der Waals surface area contributed by atoms with Gasteiger partial charge in [-0.05, 0) is 18.4 Å². The van der Waals surface area contributed by atoms with Crippen LogP contribution in [0.2, 0.25) is 0 Å². The summed E-state index contributed by atoms with van der Waals surface area (Å²) in [6, 6.07) is 2.75. The number of nitrogens with zero attached hydrogens (tertiary/aromatic N) is 1. The molecule has 19 heavy (non-hydrogen) atoms. The number of hydrogen-bond acceptors (Lipinski definition) is 4. The standard InChI is InChI=1S/C11H16BrFN2O2S2/c1-15(3-4-18-2)19(16,17)10-6-9(12)5-8(7-14)11(10)13/h5-6H,3-4,7,14H2,1-2H3. The van der Waals surface area contributed by atoms with Crippen molar-refractivity contribution in [2.45, 2.75) is 11.4 Å². The van der Waals surface area contributed by atoms with Gasteiger partial charge >= 0.3 is 0 Å². The van der Waals surface area contributed by atoms with E-state index in [1.165, 1.54) is 30.9 Å². The van der Waals surface area contributed by atoms with Gasteiger partial charge in [0, 0.05) is 35.9 Å². The highest BCUT2D eigenvalue weighted by atomic mass is 79.9. The van der Waals surface area contributed by atoms with Gasteiger partial charge in [0.25, 0.3) is 0 Å². The summed E-state index contributed by atoms with van der Waals surface area (Å²) < 4.78 is 40.3. The molecule has 0 heterocycles. The van der Waals surface area contributed by atoms with E-state index < -0.39 is 15.8 Å². The molecule has 0 fully saturated rings. The Morgan fingerprint density at radius 3 is 2.63 bits per heavy atom. The zero-order valence-electron chi connectivity index (χ0n) is 10.7. The van der Waals surface area contributed by atoms with Gasteiger partial charge in [-0.2, -0.15) is 11.8 Å². The van der Waals surface area contributed by atoms with Crippen LogP contribution in [-0.4, -0.2) is 38.3 Å². The van der Waals surface area contributed by atoms with Crippen molar-refractivity contribution in [2.75, 3.05) is 25.6 Å². The molecule has 8 heteroatoms. The minimum atomic E-state index is -3.84. The quantitative estimate of drug-likeness (QED) is 0.831. The van der Waals surface area contributed by atoms with Gasteiger partial charge in [0.2, 0.25) is 10.0 Å². The van der Waals surface area contributed by atoms with E-state index in [4.69, 9.17) is 5.73 Å². The van der Waals surface area contributed by atoms with Crippen LogP contribution in [-0.2, 0) is 16.6 Å². The van der Waals surface area contributed by atoms with Gasteiger partial charge in [0.05, 0.1) is 0 Å². The zero-order valence-corrected chi connectivity index (χ0v) is 13.9. The van der Waals surface area contributed by atoms with Crippen molar-refractivity contribution in [3.05, 3.63) is 28.0 Å². The molecular weight excluding hydrogens is 355 g/mol. The number of nitrogens with two attached hydrogens (primary N) is 1. The second kappa shape index (κ2) is 7.03. The van der Waals surface area contributed by atoms with E-state index in [9.17, 15) is 12.8 Å². The normalized spacial score (nSPS) is 12.1. The highest BCUT2D eigenvalue weighted by Gasteiger charge is 2.26. The third kappa shape index (κ3) is 3.91. The summed E-state index contributed by atoms with van der Waals surface area (Å²) in [7, 11) is -2.40. The van der Waals surface area contributed by atoms with Crippen molar-refractivity contribution < 1.29 is 12.8 Å². The monoisotopic (exact) mass is 370 g/mol. The summed E-state index contributed by atoms with van der Waals surface area (Å²) >= 11 is 4.70. The SMILES string of the molecule is CSCCN(C)S(=O)(=O)c1cc(Br)cc(CN)c1F. The summed E-state index contributed by atoms with van der Waals surface area (Å²) in [6.07, 6.45) is 1.88. The van der Waals surface area contributed by atoms with Crippen LogP contribution in [0.4, 0.5) is 4.39 Å². The predicted octanol–water partition coefficient (Wildman–Crippen LogP) is 2.03. The van der Waals surface area contributed by atoms with E-state index in [0.29, 0.717) is 16.8 Å². The largest absolute Gasteiger partial charge is 0.326 e. The van der Waals surface area contributed by atoms with Gasteiger partial charge in [-0.25, -0.2) is 17.1 Å². The molecule has 0 spiro atoms. The van der Waals surface area contributed by atoms with Crippen LogP contribution in [0.25, 0.3) is 0 Å². The van der Waals surface area contributed by atoms with Crippen LogP contribution in [0.5, 0.6) is 0 Å². The van der Waals surface area contributed by atoms with Crippen LogP contribution in [0, 0.1) is 5.82 Å². The Hall–Kier alpha value is -0.150. The van der Waals surface area contributed by atoms with Gasteiger partial charge in [0.15, 0.2) is 0 Å². The summed E-state index contributed by atoms with van der Waals surface area (Å²) in [6.45, 7) is 0.274. The Morgan fingerprint density at radius 2 is 2.11 bits per heavy atom. The lowest BCUT2D eigenvalue weighted by Gasteiger charge is -2.18. The van der Waals surface area contributed by atoms with Crippen LogP contribution < -0.4 is 5.73 Å². The Balaban J connectivity index is 3.25. The first-order valence-corrected chi connectivity index (χ1v) is 9.10. The molecule has 2 N–H and O–H groups in total. The van der Waals surface area contributed by atoms with Crippen LogP contribution in [0.15, 0.2) is 21.5 Å². The lowest BCUT2D eigenvalue weighted by atomic mass is 10.2. The van der Waals surface area contributed by atoms with Gasteiger partial charge in [-0.15, -0.1) is 0 Å². The number of rotatable bonds is 6. The lowest BCUT2D eigenvalue weighted by molar-refractivity contribution is 0.478. The van der Waals surface area contributed by atoms with Gasteiger partial charge in [-0.3, -0.25) is 0 Å². The summed E-state index contributed by atoms with van der Waals surface area (Å²) in [5, 5.41) is 0. The Kier molecular flexibility index (Phi) is 6.25. The van der Waals surface area contributed by atoms with Crippen molar-refractivity contribution in [3.8, 4) is 0 Å². The molecule has 108 valence electrons. The average molecular weight is 371 g/mol. The molecule has 0 amide bonds. The first-order valence-electron chi connectivity index (χ1n) is 5.47. The molecule has 0 radical (unpaired) electrons. The molecule has 0 aliphatic heterocycles. The topological polar surface area (TPSA) is 63.4 Å². The molecule has 0 unspecified atom stereocenters. The fraction of sp³-hybridized carbons (Fsp3) is 0.455. The highest BCUT2D eigenvalue weighted by molar-refractivity contribution is 9.10. The number of thioether (sulfide) groups is 1. The minimum absolute atomic E-state index is 0.0533. The molecule has 1 rings (SSSR count). The van der Waals surface area contributed by atoms with Crippen molar-refractivity contribution >= 4 is 37.7 Å². The van der Waals surface area contributed by atoms with E-state index in [1.807, 2.05) is 6.26 Å². The summed E-state index contributed by atoms with van der Waals surface area (Å²) in [5.41, 5.74) is 5.59. The van der Waals surface area contributed by atoms with Gasteiger partial charge < -0.3 is 5.73 Å².